The van der Waals surface area contributed by atoms with Crippen molar-refractivity contribution in [3.8, 4) is 22.9 Å². The average molecular weight is 472 g/mol. The predicted molar refractivity (Wildman–Crippen MR) is 124 cm³/mol. The van der Waals surface area contributed by atoms with Crippen LogP contribution in [0.25, 0.3) is 11.4 Å². The number of hydrogen-bond donors (Lipinski definition) is 1. The van der Waals surface area contributed by atoms with E-state index in [0.717, 1.165) is 16.9 Å². The number of ether oxygens (including phenoxy) is 2. The number of H-pyrrole nitrogens is 1. The summed E-state index contributed by atoms with van der Waals surface area (Å²) in [7, 11) is 3.06. The Morgan fingerprint density at radius 2 is 1.82 bits per heavy atom. The van der Waals surface area contributed by atoms with Crippen LogP contribution in [-0.2, 0) is 17.9 Å². The van der Waals surface area contributed by atoms with E-state index in [0.29, 0.717) is 43.3 Å². The summed E-state index contributed by atoms with van der Waals surface area (Å²) in [5.74, 6) is 1.20. The Kier molecular flexibility index (Phi) is 7.05. The molecule has 1 aromatic heterocycles. The van der Waals surface area contributed by atoms with Crippen LogP contribution in [0.2, 0.25) is 0 Å². The third kappa shape index (κ3) is 5.23. The molecule has 1 aliphatic rings. The highest BCUT2D eigenvalue weighted by Crippen LogP contribution is 2.22. The molecule has 0 unspecified atom stereocenters. The van der Waals surface area contributed by atoms with Crippen LogP contribution in [0.3, 0.4) is 0 Å². The molecule has 1 fully saturated rings. The van der Waals surface area contributed by atoms with Crippen LogP contribution >= 0.6 is 12.2 Å². The van der Waals surface area contributed by atoms with Crippen LogP contribution in [0.5, 0.6) is 11.5 Å². The van der Waals surface area contributed by atoms with E-state index in [1.54, 1.807) is 17.7 Å². The van der Waals surface area contributed by atoms with Gasteiger partial charge in [-0.25, -0.2) is 4.39 Å². The second-order valence-electron chi connectivity index (χ2n) is 7.79. The van der Waals surface area contributed by atoms with E-state index in [-0.39, 0.29) is 24.0 Å². The highest BCUT2D eigenvalue weighted by Gasteiger charge is 2.23. The monoisotopic (exact) mass is 471 g/mol. The minimum Gasteiger partial charge on any atom is -0.497 e. The van der Waals surface area contributed by atoms with Gasteiger partial charge in [0.15, 0.2) is 22.2 Å². The molecule has 0 spiro atoms. The van der Waals surface area contributed by atoms with Crippen LogP contribution < -0.4 is 9.47 Å². The van der Waals surface area contributed by atoms with Crippen molar-refractivity contribution in [2.45, 2.75) is 13.1 Å². The number of carbonyl (C=O) groups excluding carboxylic acids is 1. The normalized spacial score (nSPS) is 14.3. The van der Waals surface area contributed by atoms with Gasteiger partial charge in [-0.2, -0.15) is 5.10 Å². The SMILES string of the molecule is COc1ccc(-c2n[nH]c(=S)n2CC(=O)N2CCN(Cc3ccc(OC)c(F)c3)CC2)cc1. The van der Waals surface area contributed by atoms with Crippen molar-refractivity contribution in [2.75, 3.05) is 40.4 Å². The lowest BCUT2D eigenvalue weighted by Crippen LogP contribution is -2.49. The Morgan fingerprint density at radius 1 is 1.09 bits per heavy atom. The van der Waals surface area contributed by atoms with Gasteiger partial charge in [0.1, 0.15) is 12.3 Å². The van der Waals surface area contributed by atoms with Gasteiger partial charge in [-0.05, 0) is 54.2 Å². The van der Waals surface area contributed by atoms with E-state index in [1.165, 1.54) is 13.2 Å². The smallest absolute Gasteiger partial charge is 0.242 e. The molecule has 0 saturated carbocycles. The third-order valence-electron chi connectivity index (χ3n) is 5.75. The third-order valence-corrected chi connectivity index (χ3v) is 6.06. The summed E-state index contributed by atoms with van der Waals surface area (Å²) in [6, 6.07) is 12.4. The van der Waals surface area contributed by atoms with E-state index >= 15 is 0 Å². The Balaban J connectivity index is 1.36. The van der Waals surface area contributed by atoms with Gasteiger partial charge < -0.3 is 14.4 Å². The topological polar surface area (TPSA) is 75.6 Å². The lowest BCUT2D eigenvalue weighted by atomic mass is 10.1. The molecule has 174 valence electrons. The maximum Gasteiger partial charge on any atom is 0.242 e. The van der Waals surface area contributed by atoms with Gasteiger partial charge in [-0.3, -0.25) is 19.4 Å². The second kappa shape index (κ2) is 10.1. The Bertz CT molecular complexity index is 1170. The van der Waals surface area contributed by atoms with Crippen molar-refractivity contribution in [1.82, 2.24) is 24.6 Å². The number of methoxy groups -OCH3 is 2. The van der Waals surface area contributed by atoms with Crippen LogP contribution in [0.15, 0.2) is 42.5 Å². The van der Waals surface area contributed by atoms with Gasteiger partial charge in [-0.1, -0.05) is 6.07 Å². The molecule has 0 bridgehead atoms. The number of hydrogen-bond acceptors (Lipinski definition) is 6. The lowest BCUT2D eigenvalue weighted by molar-refractivity contribution is -0.133. The molecule has 1 aliphatic heterocycles. The number of aromatic amines is 1. The first-order valence-corrected chi connectivity index (χ1v) is 11.0. The molecule has 1 amide bonds. The summed E-state index contributed by atoms with van der Waals surface area (Å²) in [6.45, 7) is 3.35. The summed E-state index contributed by atoms with van der Waals surface area (Å²) >= 11 is 5.36. The Hall–Kier alpha value is -3.24. The Morgan fingerprint density at radius 3 is 2.45 bits per heavy atom. The zero-order valence-electron chi connectivity index (χ0n) is 18.6. The van der Waals surface area contributed by atoms with Crippen molar-refractivity contribution in [3.05, 3.63) is 58.6 Å². The molecular weight excluding hydrogens is 445 g/mol. The summed E-state index contributed by atoms with van der Waals surface area (Å²) in [5.41, 5.74) is 1.72. The van der Waals surface area contributed by atoms with Gasteiger partial charge in [0, 0.05) is 38.3 Å². The van der Waals surface area contributed by atoms with E-state index in [1.807, 2.05) is 35.2 Å². The minimum absolute atomic E-state index is 0.0163. The number of rotatable bonds is 7. The molecule has 0 radical (unpaired) electrons. The molecule has 2 aromatic carbocycles. The number of aromatic nitrogens is 3. The van der Waals surface area contributed by atoms with Crippen molar-refractivity contribution in [1.29, 1.82) is 0 Å². The molecular formula is C23H26FN5O3S. The Labute approximate surface area is 196 Å². The molecule has 1 saturated heterocycles. The number of piperazine rings is 1. The number of carbonyl (C=O) groups is 1. The van der Waals surface area contributed by atoms with Crippen molar-refractivity contribution in [3.63, 3.8) is 0 Å². The summed E-state index contributed by atoms with van der Waals surface area (Å²) in [5, 5.41) is 7.09. The van der Waals surface area contributed by atoms with Gasteiger partial charge in [0.2, 0.25) is 5.91 Å². The number of benzene rings is 2. The average Bonchev–Trinajstić information content (AvgIpc) is 3.19. The molecule has 0 atom stereocenters. The van der Waals surface area contributed by atoms with Crippen LogP contribution in [-0.4, -0.2) is 70.9 Å². The second-order valence-corrected chi connectivity index (χ2v) is 8.18. The first-order valence-electron chi connectivity index (χ1n) is 10.6. The fourth-order valence-electron chi connectivity index (χ4n) is 3.88. The molecule has 4 rings (SSSR count). The standard InChI is InChI=1S/C23H26FN5O3S/c1-31-18-6-4-17(5-7-18)22-25-26-23(33)29(22)15-21(30)28-11-9-27(10-12-28)14-16-3-8-20(32-2)19(24)13-16/h3-8,13H,9-12,14-15H2,1-2H3,(H,26,33). The zero-order valence-corrected chi connectivity index (χ0v) is 19.4. The zero-order chi connectivity index (χ0) is 23.4. The highest BCUT2D eigenvalue weighted by molar-refractivity contribution is 7.71. The van der Waals surface area contributed by atoms with Gasteiger partial charge >= 0.3 is 0 Å². The summed E-state index contributed by atoms with van der Waals surface area (Å²) in [6.07, 6.45) is 0. The van der Waals surface area contributed by atoms with E-state index in [9.17, 15) is 9.18 Å². The van der Waals surface area contributed by atoms with Gasteiger partial charge in [0.05, 0.1) is 14.2 Å². The lowest BCUT2D eigenvalue weighted by Gasteiger charge is -2.35. The predicted octanol–water partition coefficient (Wildman–Crippen LogP) is 3.11. The fourth-order valence-corrected chi connectivity index (χ4v) is 4.08. The van der Waals surface area contributed by atoms with E-state index in [2.05, 4.69) is 15.1 Å². The number of halogens is 1. The van der Waals surface area contributed by atoms with Crippen LogP contribution in [0.4, 0.5) is 4.39 Å². The van der Waals surface area contributed by atoms with Gasteiger partial charge in [-0.15, -0.1) is 0 Å². The maximum atomic E-state index is 14.0. The quantitative estimate of drug-likeness (QED) is 0.534. The largest absolute Gasteiger partial charge is 0.497 e. The molecule has 8 nitrogen and oxygen atoms in total. The summed E-state index contributed by atoms with van der Waals surface area (Å²) < 4.78 is 26.2. The number of nitrogens with zero attached hydrogens (tertiary/aromatic N) is 4. The maximum absolute atomic E-state index is 14.0. The summed E-state index contributed by atoms with van der Waals surface area (Å²) in [4.78, 5) is 17.0. The molecule has 33 heavy (non-hydrogen) atoms. The van der Waals surface area contributed by atoms with Crippen LogP contribution in [0.1, 0.15) is 5.56 Å². The molecule has 0 aliphatic carbocycles. The first kappa shape index (κ1) is 22.9. The minimum atomic E-state index is -0.367. The highest BCUT2D eigenvalue weighted by atomic mass is 32.1. The number of amides is 1. The van der Waals surface area contributed by atoms with E-state index in [4.69, 9.17) is 21.7 Å². The van der Waals surface area contributed by atoms with Crippen molar-refractivity contribution < 1.29 is 18.7 Å². The first-order chi connectivity index (χ1) is 16.0. The van der Waals surface area contributed by atoms with E-state index < -0.39 is 0 Å². The molecule has 2 heterocycles. The molecule has 1 N–H and O–H groups in total. The van der Waals surface area contributed by atoms with Gasteiger partial charge in [0.25, 0.3) is 0 Å². The van der Waals surface area contributed by atoms with Crippen molar-refractivity contribution >= 4 is 18.1 Å². The van der Waals surface area contributed by atoms with Crippen LogP contribution in [0, 0.1) is 10.6 Å². The molecule has 3 aromatic rings. The number of nitrogens with one attached hydrogen (secondary N) is 1. The molecule has 10 heteroatoms. The van der Waals surface area contributed by atoms with Crippen molar-refractivity contribution in [2.24, 2.45) is 0 Å². The fraction of sp³-hybridized carbons (Fsp3) is 0.348.